The molecular formula is C13H17O3-. The van der Waals surface area contributed by atoms with Crippen molar-refractivity contribution in [3.8, 4) is 5.75 Å². The largest absolute Gasteiger partial charge is 0.872 e. The molecule has 1 aromatic carbocycles. The fourth-order valence-electron chi connectivity index (χ4n) is 1.73. The third kappa shape index (κ3) is 3.57. The van der Waals surface area contributed by atoms with Crippen LogP contribution in [0.25, 0.3) is 0 Å². The SMILES string of the molecule is CCCCCCc1cc([O-])ccc1C(=O)O. The van der Waals surface area contributed by atoms with E-state index in [4.69, 9.17) is 5.11 Å². The minimum Gasteiger partial charge on any atom is -0.872 e. The number of aromatic carboxylic acids is 1. The summed E-state index contributed by atoms with van der Waals surface area (Å²) < 4.78 is 0. The lowest BCUT2D eigenvalue weighted by Crippen LogP contribution is -2.04. The summed E-state index contributed by atoms with van der Waals surface area (Å²) in [4.78, 5) is 10.9. The van der Waals surface area contributed by atoms with E-state index in [0.29, 0.717) is 12.0 Å². The molecule has 0 spiro atoms. The molecule has 0 amide bonds. The Balaban J connectivity index is 2.68. The van der Waals surface area contributed by atoms with Crippen LogP contribution in [0.15, 0.2) is 18.2 Å². The Morgan fingerprint density at radius 3 is 2.69 bits per heavy atom. The van der Waals surface area contributed by atoms with E-state index in [2.05, 4.69) is 6.92 Å². The van der Waals surface area contributed by atoms with Gasteiger partial charge in [-0.1, -0.05) is 38.3 Å². The Morgan fingerprint density at radius 1 is 1.31 bits per heavy atom. The molecule has 0 aliphatic heterocycles. The number of hydrogen-bond acceptors (Lipinski definition) is 2. The molecule has 1 N–H and O–H groups in total. The Kier molecular flexibility index (Phi) is 4.83. The van der Waals surface area contributed by atoms with Crippen molar-refractivity contribution in [2.75, 3.05) is 0 Å². The van der Waals surface area contributed by atoms with E-state index in [1.54, 1.807) is 0 Å². The molecule has 0 fully saturated rings. The average Bonchev–Trinajstić information content (AvgIpc) is 2.24. The normalized spacial score (nSPS) is 10.3. The van der Waals surface area contributed by atoms with Gasteiger partial charge in [0.2, 0.25) is 0 Å². The van der Waals surface area contributed by atoms with Crippen LogP contribution < -0.4 is 5.11 Å². The summed E-state index contributed by atoms with van der Waals surface area (Å²) in [5.41, 5.74) is 0.923. The molecule has 16 heavy (non-hydrogen) atoms. The molecule has 88 valence electrons. The van der Waals surface area contributed by atoms with Crippen LogP contribution in [-0.2, 0) is 6.42 Å². The van der Waals surface area contributed by atoms with Crippen LogP contribution in [0.3, 0.4) is 0 Å². The number of carboxylic acids is 1. The first-order valence-corrected chi connectivity index (χ1v) is 5.68. The van der Waals surface area contributed by atoms with Crippen molar-refractivity contribution < 1.29 is 15.0 Å². The van der Waals surface area contributed by atoms with Gasteiger partial charge in [0.25, 0.3) is 0 Å². The highest BCUT2D eigenvalue weighted by atomic mass is 16.4. The van der Waals surface area contributed by atoms with Crippen molar-refractivity contribution in [2.24, 2.45) is 0 Å². The van der Waals surface area contributed by atoms with Gasteiger partial charge in [-0.25, -0.2) is 4.79 Å². The summed E-state index contributed by atoms with van der Waals surface area (Å²) in [6, 6.07) is 4.15. The number of carboxylic acid groups (broad SMARTS) is 1. The van der Waals surface area contributed by atoms with Gasteiger partial charge in [0.15, 0.2) is 0 Å². The topological polar surface area (TPSA) is 60.4 Å². The van der Waals surface area contributed by atoms with E-state index in [9.17, 15) is 9.90 Å². The predicted octanol–water partition coefficient (Wildman–Crippen LogP) is 2.58. The van der Waals surface area contributed by atoms with Crippen molar-refractivity contribution in [3.63, 3.8) is 0 Å². The maximum absolute atomic E-state index is 11.2. The van der Waals surface area contributed by atoms with E-state index in [1.165, 1.54) is 18.2 Å². The number of carbonyl (C=O) groups is 1. The maximum Gasteiger partial charge on any atom is 0.335 e. The standard InChI is InChI=1S/C13H18O3/c1-2-3-4-5-6-10-9-11(14)7-8-12(10)13(15)16/h7-9,14H,2-6H2,1H3,(H,15,16)/p-1. The van der Waals surface area contributed by atoms with Crippen LogP contribution in [-0.4, -0.2) is 11.1 Å². The third-order valence-electron chi connectivity index (χ3n) is 2.61. The zero-order valence-corrected chi connectivity index (χ0v) is 9.53. The first kappa shape index (κ1) is 12.6. The van der Waals surface area contributed by atoms with Gasteiger partial charge in [-0.3, -0.25) is 0 Å². The molecule has 0 bridgehead atoms. The van der Waals surface area contributed by atoms with Gasteiger partial charge in [-0.2, -0.15) is 0 Å². The monoisotopic (exact) mass is 221 g/mol. The molecule has 0 aromatic heterocycles. The van der Waals surface area contributed by atoms with Crippen molar-refractivity contribution in [3.05, 3.63) is 29.3 Å². The second kappa shape index (κ2) is 6.16. The van der Waals surface area contributed by atoms with Crippen LogP contribution in [0.2, 0.25) is 0 Å². The molecular weight excluding hydrogens is 204 g/mol. The van der Waals surface area contributed by atoms with Crippen LogP contribution in [0.4, 0.5) is 0 Å². The lowest BCUT2D eigenvalue weighted by atomic mass is 10.0. The number of benzene rings is 1. The zero-order valence-electron chi connectivity index (χ0n) is 9.53. The summed E-state index contributed by atoms with van der Waals surface area (Å²) in [6.45, 7) is 2.13. The summed E-state index contributed by atoms with van der Waals surface area (Å²) in [7, 11) is 0. The summed E-state index contributed by atoms with van der Waals surface area (Å²) in [5, 5.41) is 20.1. The molecule has 0 unspecified atom stereocenters. The third-order valence-corrected chi connectivity index (χ3v) is 2.61. The quantitative estimate of drug-likeness (QED) is 0.751. The molecule has 0 heterocycles. The van der Waals surface area contributed by atoms with Crippen LogP contribution in [0.1, 0.15) is 48.5 Å². The molecule has 1 rings (SSSR count). The maximum atomic E-state index is 11.2. The van der Waals surface area contributed by atoms with Crippen molar-refractivity contribution in [1.29, 1.82) is 0 Å². The number of aryl methyl sites for hydroxylation is 1. The number of rotatable bonds is 6. The molecule has 3 heteroatoms. The van der Waals surface area contributed by atoms with E-state index in [-0.39, 0.29) is 11.3 Å². The van der Waals surface area contributed by atoms with Crippen LogP contribution in [0, 0.1) is 0 Å². The second-order valence-electron chi connectivity index (χ2n) is 3.93. The van der Waals surface area contributed by atoms with Crippen molar-refractivity contribution in [1.82, 2.24) is 0 Å². The van der Waals surface area contributed by atoms with Gasteiger partial charge in [0.1, 0.15) is 0 Å². The smallest absolute Gasteiger partial charge is 0.335 e. The summed E-state index contributed by atoms with van der Waals surface area (Å²) >= 11 is 0. The summed E-state index contributed by atoms with van der Waals surface area (Å²) in [6.07, 6.45) is 5.00. The lowest BCUT2D eigenvalue weighted by Gasteiger charge is -2.11. The fourth-order valence-corrected chi connectivity index (χ4v) is 1.73. The van der Waals surface area contributed by atoms with Gasteiger partial charge in [0.05, 0.1) is 5.56 Å². The molecule has 3 nitrogen and oxygen atoms in total. The summed E-state index contributed by atoms with van der Waals surface area (Å²) in [5.74, 6) is -1.07. The van der Waals surface area contributed by atoms with Crippen LogP contribution in [0.5, 0.6) is 5.75 Å². The average molecular weight is 221 g/mol. The first-order valence-electron chi connectivity index (χ1n) is 5.68. The lowest BCUT2D eigenvalue weighted by molar-refractivity contribution is -0.268. The van der Waals surface area contributed by atoms with E-state index >= 15 is 0 Å². The molecule has 0 radical (unpaired) electrons. The molecule has 1 aromatic rings. The highest BCUT2D eigenvalue weighted by Gasteiger charge is 2.08. The Bertz CT molecular complexity index is 358. The van der Waals surface area contributed by atoms with E-state index < -0.39 is 5.97 Å². The highest BCUT2D eigenvalue weighted by molar-refractivity contribution is 5.89. The molecule has 0 saturated heterocycles. The van der Waals surface area contributed by atoms with Gasteiger partial charge < -0.3 is 10.2 Å². The Labute approximate surface area is 95.7 Å². The molecule has 0 atom stereocenters. The van der Waals surface area contributed by atoms with E-state index in [0.717, 1.165) is 25.7 Å². The first-order chi connectivity index (χ1) is 7.65. The van der Waals surface area contributed by atoms with Crippen molar-refractivity contribution >= 4 is 5.97 Å². The highest BCUT2D eigenvalue weighted by Crippen LogP contribution is 2.17. The number of unbranched alkanes of at least 4 members (excludes halogenated alkanes) is 3. The van der Waals surface area contributed by atoms with Gasteiger partial charge in [-0.15, -0.1) is 5.75 Å². The Morgan fingerprint density at radius 2 is 2.06 bits per heavy atom. The van der Waals surface area contributed by atoms with Crippen LogP contribution >= 0.6 is 0 Å². The fraction of sp³-hybridized carbons (Fsp3) is 0.462. The van der Waals surface area contributed by atoms with Crippen molar-refractivity contribution in [2.45, 2.75) is 39.0 Å². The minimum atomic E-state index is -0.953. The minimum absolute atomic E-state index is 0.115. The van der Waals surface area contributed by atoms with Gasteiger partial charge >= 0.3 is 5.97 Å². The van der Waals surface area contributed by atoms with Gasteiger partial charge in [0, 0.05) is 0 Å². The molecule has 0 aliphatic rings. The predicted molar refractivity (Wildman–Crippen MR) is 60.7 cm³/mol. The molecule has 0 aliphatic carbocycles. The van der Waals surface area contributed by atoms with Gasteiger partial charge in [-0.05, 0) is 24.5 Å². The van der Waals surface area contributed by atoms with E-state index in [1.807, 2.05) is 0 Å². The second-order valence-corrected chi connectivity index (χ2v) is 3.93. The number of hydrogen-bond donors (Lipinski definition) is 1. The molecule has 0 saturated carbocycles. The Hall–Kier alpha value is -1.51. The zero-order chi connectivity index (χ0) is 12.0.